The van der Waals surface area contributed by atoms with Gasteiger partial charge in [-0.1, -0.05) is 29.3 Å². The Balaban J connectivity index is 1.80. The SMILES string of the molecule is Cc1ccc2nc(NS(=O)(=O)c3ccc(Cl)cc3)c(Nc3ccc(Cl)c(C(=O)O)c3)nc2c1. The Hall–Kier alpha value is -3.40. The van der Waals surface area contributed by atoms with E-state index in [9.17, 15) is 18.3 Å². The molecule has 11 heteroatoms. The number of carboxylic acids is 1. The van der Waals surface area contributed by atoms with E-state index in [4.69, 9.17) is 23.2 Å². The number of aromatic carboxylic acids is 1. The van der Waals surface area contributed by atoms with Crippen LogP contribution in [0.25, 0.3) is 11.0 Å². The van der Waals surface area contributed by atoms with Gasteiger partial charge in [0.25, 0.3) is 10.0 Å². The zero-order valence-corrected chi connectivity index (χ0v) is 19.3. The summed E-state index contributed by atoms with van der Waals surface area (Å²) in [7, 11) is -4.02. The number of benzene rings is 3. The highest BCUT2D eigenvalue weighted by Crippen LogP contribution is 2.29. The average Bonchev–Trinajstić information content (AvgIpc) is 2.75. The summed E-state index contributed by atoms with van der Waals surface area (Å²) in [4.78, 5) is 20.4. The summed E-state index contributed by atoms with van der Waals surface area (Å²) in [5.41, 5.74) is 2.16. The van der Waals surface area contributed by atoms with Crippen molar-refractivity contribution in [2.75, 3.05) is 10.0 Å². The van der Waals surface area contributed by atoms with Crippen molar-refractivity contribution in [2.45, 2.75) is 11.8 Å². The van der Waals surface area contributed by atoms with E-state index < -0.39 is 16.0 Å². The van der Waals surface area contributed by atoms with E-state index in [-0.39, 0.29) is 27.1 Å². The molecule has 3 N–H and O–H groups in total. The van der Waals surface area contributed by atoms with Crippen LogP contribution in [0.15, 0.2) is 65.6 Å². The van der Waals surface area contributed by atoms with Crippen molar-refractivity contribution in [3.63, 3.8) is 0 Å². The summed E-state index contributed by atoms with van der Waals surface area (Å²) in [6.45, 7) is 1.89. The van der Waals surface area contributed by atoms with Crippen LogP contribution in [0.3, 0.4) is 0 Å². The molecule has 0 fully saturated rings. The summed E-state index contributed by atoms with van der Waals surface area (Å²) in [5, 5.41) is 12.7. The predicted octanol–water partition coefficient (Wildman–Crippen LogP) is 5.49. The quantitative estimate of drug-likeness (QED) is 0.318. The van der Waals surface area contributed by atoms with E-state index in [1.165, 1.54) is 36.4 Å². The minimum atomic E-state index is -4.02. The molecular formula is C22H16Cl2N4O4S. The molecule has 0 aliphatic carbocycles. The minimum absolute atomic E-state index is 0.0108. The van der Waals surface area contributed by atoms with Gasteiger partial charge in [0.15, 0.2) is 11.6 Å². The van der Waals surface area contributed by atoms with Crippen LogP contribution >= 0.6 is 23.2 Å². The molecule has 33 heavy (non-hydrogen) atoms. The Morgan fingerprint density at radius 2 is 1.61 bits per heavy atom. The highest BCUT2D eigenvalue weighted by molar-refractivity contribution is 7.92. The lowest BCUT2D eigenvalue weighted by atomic mass is 10.2. The number of nitrogens with zero attached hydrogens (tertiary/aromatic N) is 2. The number of nitrogens with one attached hydrogen (secondary N) is 2. The number of rotatable bonds is 6. The second-order valence-electron chi connectivity index (χ2n) is 7.10. The maximum absolute atomic E-state index is 13.0. The van der Waals surface area contributed by atoms with E-state index in [2.05, 4.69) is 20.0 Å². The van der Waals surface area contributed by atoms with Gasteiger partial charge in [-0.15, -0.1) is 0 Å². The lowest BCUT2D eigenvalue weighted by Gasteiger charge is -2.14. The van der Waals surface area contributed by atoms with Crippen LogP contribution in [0.2, 0.25) is 10.0 Å². The fourth-order valence-corrected chi connectivity index (χ4v) is 4.36. The van der Waals surface area contributed by atoms with E-state index in [1.54, 1.807) is 18.2 Å². The van der Waals surface area contributed by atoms with Gasteiger partial charge in [-0.3, -0.25) is 4.72 Å². The zero-order chi connectivity index (χ0) is 23.8. The van der Waals surface area contributed by atoms with Crippen molar-refractivity contribution in [2.24, 2.45) is 0 Å². The normalized spacial score (nSPS) is 11.4. The van der Waals surface area contributed by atoms with Gasteiger partial charge in [0, 0.05) is 10.7 Å². The molecule has 0 saturated heterocycles. The number of sulfonamides is 1. The third kappa shape index (κ3) is 5.00. The van der Waals surface area contributed by atoms with Crippen molar-refractivity contribution < 1.29 is 18.3 Å². The smallest absolute Gasteiger partial charge is 0.337 e. The number of aryl methyl sites for hydroxylation is 1. The summed E-state index contributed by atoms with van der Waals surface area (Å²) in [6, 6.07) is 15.3. The molecule has 0 radical (unpaired) electrons. The molecule has 0 unspecified atom stereocenters. The van der Waals surface area contributed by atoms with Crippen LogP contribution in [0.1, 0.15) is 15.9 Å². The van der Waals surface area contributed by atoms with Gasteiger partial charge in [0.05, 0.1) is 26.5 Å². The third-order valence-corrected chi connectivity index (χ3v) is 6.57. The van der Waals surface area contributed by atoms with Gasteiger partial charge in [-0.05, 0) is 67.1 Å². The maximum atomic E-state index is 13.0. The molecule has 4 rings (SSSR count). The van der Waals surface area contributed by atoms with Gasteiger partial charge < -0.3 is 10.4 Å². The first-order valence-corrected chi connectivity index (χ1v) is 11.7. The molecule has 0 atom stereocenters. The Kier molecular flexibility index (Phi) is 6.11. The lowest BCUT2D eigenvalue weighted by molar-refractivity contribution is 0.0697. The molecule has 8 nitrogen and oxygen atoms in total. The highest BCUT2D eigenvalue weighted by Gasteiger charge is 2.20. The van der Waals surface area contributed by atoms with Gasteiger partial charge in [0.2, 0.25) is 0 Å². The van der Waals surface area contributed by atoms with Gasteiger partial charge in [-0.2, -0.15) is 0 Å². The molecule has 0 aliphatic rings. The monoisotopic (exact) mass is 502 g/mol. The Morgan fingerprint density at radius 1 is 0.909 bits per heavy atom. The summed E-state index contributed by atoms with van der Waals surface area (Å²) >= 11 is 11.8. The minimum Gasteiger partial charge on any atom is -0.478 e. The molecule has 0 aliphatic heterocycles. The van der Waals surface area contributed by atoms with Crippen LogP contribution in [-0.4, -0.2) is 29.5 Å². The molecule has 0 saturated carbocycles. The number of aromatic nitrogens is 2. The summed E-state index contributed by atoms with van der Waals surface area (Å²) in [6.07, 6.45) is 0. The summed E-state index contributed by atoms with van der Waals surface area (Å²) < 4.78 is 28.4. The van der Waals surface area contributed by atoms with Crippen molar-refractivity contribution >= 4 is 67.6 Å². The average molecular weight is 503 g/mol. The number of halogens is 2. The molecule has 4 aromatic rings. The first-order valence-electron chi connectivity index (χ1n) is 9.49. The van der Waals surface area contributed by atoms with E-state index in [0.717, 1.165) is 5.56 Å². The molecule has 0 bridgehead atoms. The molecule has 1 aromatic heterocycles. The highest BCUT2D eigenvalue weighted by atomic mass is 35.5. The topological polar surface area (TPSA) is 121 Å². The fraction of sp³-hybridized carbons (Fsp3) is 0.0455. The molecule has 1 heterocycles. The largest absolute Gasteiger partial charge is 0.478 e. The van der Waals surface area contributed by atoms with Gasteiger partial charge in [0.1, 0.15) is 0 Å². The number of hydrogen-bond donors (Lipinski definition) is 3. The van der Waals surface area contributed by atoms with Crippen LogP contribution < -0.4 is 10.0 Å². The van der Waals surface area contributed by atoms with Crippen molar-refractivity contribution in [1.29, 1.82) is 0 Å². The van der Waals surface area contributed by atoms with E-state index in [0.29, 0.717) is 21.7 Å². The molecule has 0 spiro atoms. The zero-order valence-electron chi connectivity index (χ0n) is 17.0. The number of anilines is 3. The number of hydrogen-bond acceptors (Lipinski definition) is 6. The summed E-state index contributed by atoms with van der Waals surface area (Å²) in [5.74, 6) is -1.18. The van der Waals surface area contributed by atoms with Gasteiger partial charge in [-0.25, -0.2) is 23.2 Å². The Labute approximate surface area is 199 Å². The fourth-order valence-electron chi connectivity index (χ4n) is 3.03. The van der Waals surface area contributed by atoms with Crippen LogP contribution in [-0.2, 0) is 10.0 Å². The number of carboxylic acid groups (broad SMARTS) is 1. The number of fused-ring (bicyclic) bond motifs is 1. The van der Waals surface area contributed by atoms with Crippen LogP contribution in [0.5, 0.6) is 0 Å². The van der Waals surface area contributed by atoms with Crippen LogP contribution in [0, 0.1) is 6.92 Å². The standard InChI is InChI=1S/C22H16Cl2N4O4S/c1-12-2-9-18-19(10-12)27-20(25-14-5-8-17(24)16(11-14)22(29)30)21(26-18)28-33(31,32)15-6-3-13(23)4-7-15/h2-11H,1H3,(H,25,27)(H,26,28)(H,29,30). The van der Waals surface area contributed by atoms with Gasteiger partial charge >= 0.3 is 5.97 Å². The predicted molar refractivity (Wildman–Crippen MR) is 128 cm³/mol. The first kappa shape index (κ1) is 22.8. The lowest BCUT2D eigenvalue weighted by Crippen LogP contribution is -2.16. The Morgan fingerprint density at radius 3 is 2.30 bits per heavy atom. The van der Waals surface area contributed by atoms with Crippen molar-refractivity contribution in [3.05, 3.63) is 81.8 Å². The molecular weight excluding hydrogens is 487 g/mol. The van der Waals surface area contributed by atoms with E-state index >= 15 is 0 Å². The molecule has 3 aromatic carbocycles. The molecule has 168 valence electrons. The second-order valence-corrected chi connectivity index (χ2v) is 9.62. The molecule has 0 amide bonds. The Bertz CT molecular complexity index is 1490. The second kappa shape index (κ2) is 8.86. The first-order chi connectivity index (χ1) is 15.6. The number of carbonyl (C=O) groups is 1. The van der Waals surface area contributed by atoms with Crippen molar-refractivity contribution in [3.8, 4) is 0 Å². The third-order valence-electron chi connectivity index (χ3n) is 4.63. The van der Waals surface area contributed by atoms with Crippen LogP contribution in [0.4, 0.5) is 17.3 Å². The van der Waals surface area contributed by atoms with Crippen molar-refractivity contribution in [1.82, 2.24) is 9.97 Å². The van der Waals surface area contributed by atoms with E-state index in [1.807, 2.05) is 13.0 Å². The maximum Gasteiger partial charge on any atom is 0.337 e.